The fraction of sp³-hybridized carbons (Fsp3) is 0.600. The van der Waals surface area contributed by atoms with Gasteiger partial charge in [-0.15, -0.1) is 0 Å². The maximum absolute atomic E-state index is 10.9. The summed E-state index contributed by atoms with van der Waals surface area (Å²) in [5, 5.41) is 8.59. The molecule has 0 amide bonds. The van der Waals surface area contributed by atoms with Crippen LogP contribution < -0.4 is 20.8 Å². The van der Waals surface area contributed by atoms with Gasteiger partial charge >= 0.3 is 106 Å². The molecule has 0 radical (unpaired) electrons. The number of rotatable bonds is 6. The second-order valence-electron chi connectivity index (χ2n) is 1.97. The second kappa shape index (κ2) is 7.67. The summed E-state index contributed by atoms with van der Waals surface area (Å²) in [5.74, 6) is -0.899. The van der Waals surface area contributed by atoms with Crippen molar-refractivity contribution < 1.29 is 31.9 Å². The predicted octanol–water partition coefficient (Wildman–Crippen LogP) is -1.87. The Morgan fingerprint density at radius 1 is 1.58 bits per heavy atom. The topological polar surface area (TPSA) is 66.4 Å². The van der Waals surface area contributed by atoms with E-state index in [9.17, 15) is 9.59 Å². The normalized spacial score (nSPS) is 12.8. The van der Waals surface area contributed by atoms with Crippen molar-refractivity contribution in [2.45, 2.75) is 18.9 Å². The molecule has 0 rings (SSSR count). The number of carbonyl (C=O) groups excluding carboxylic acids is 1. The molecule has 2 N–H and O–H groups in total. The van der Waals surface area contributed by atoms with Gasteiger partial charge in [0.2, 0.25) is 0 Å². The third kappa shape index (κ3) is 5.85. The fourth-order valence-corrected chi connectivity index (χ4v) is 2.98. The molecule has 0 aromatic rings. The molecular weight excluding hydrogens is 503 g/mol. The molecule has 7 heteroatoms. The molecule has 1 atom stereocenters. The molecule has 0 saturated heterocycles. The van der Waals surface area contributed by atoms with Crippen LogP contribution in [0.1, 0.15) is 12.8 Å². The molecule has 72 valence electrons. The summed E-state index contributed by atoms with van der Waals surface area (Å²) >= 11 is 3.46. The average Bonchev–Trinajstić information content (AvgIpc) is 2.04. The van der Waals surface area contributed by atoms with Gasteiger partial charge in [-0.2, -0.15) is 0 Å². The summed E-state index contributed by atoms with van der Waals surface area (Å²) < 4.78 is 2.81. The maximum atomic E-state index is 10.9. The van der Waals surface area contributed by atoms with Crippen LogP contribution >= 0.6 is 41.5 Å². The summed E-state index contributed by atoms with van der Waals surface area (Å²) in [7, 11) is 0. The van der Waals surface area contributed by atoms with Gasteiger partial charge in [-0.1, -0.05) is 0 Å². The number of carboxylic acid groups (broad SMARTS) is 1. The molecule has 12 heavy (non-hydrogen) atoms. The van der Waals surface area contributed by atoms with E-state index in [4.69, 9.17) is 5.11 Å². The first-order valence-electron chi connectivity index (χ1n) is 2.99. The number of hydrogen-bond donors (Lipinski definition) is 2. The molecule has 4 nitrogen and oxygen atoms in total. The summed E-state index contributed by atoms with van der Waals surface area (Å²) in [6.07, 6.45) is 0.767. The number of carbonyl (C=O) groups is 2. The molecule has 0 saturated carbocycles. The van der Waals surface area contributed by atoms with Crippen LogP contribution in [0.4, 0.5) is 0 Å². The van der Waals surface area contributed by atoms with Gasteiger partial charge in [0.25, 0.3) is 0 Å². The third-order valence-corrected chi connectivity index (χ3v) is 5.94. The van der Waals surface area contributed by atoms with Crippen LogP contribution in [0.5, 0.6) is 0 Å². The minimum absolute atomic E-state index is 0.201. The quantitative estimate of drug-likeness (QED) is 0.250. The first kappa shape index (κ1) is 13.3. The molecule has 0 fully saturated rings. The molecule has 0 unspecified atom stereocenters. The van der Waals surface area contributed by atoms with Crippen LogP contribution in [-0.4, -0.2) is 20.9 Å². The van der Waals surface area contributed by atoms with Crippen LogP contribution in [0.15, 0.2) is 0 Å². The summed E-state index contributed by atoms with van der Waals surface area (Å²) in [6, 6.07) is -0.596. The first-order valence-corrected chi connectivity index (χ1v) is 11.4. The summed E-state index contributed by atoms with van der Waals surface area (Å²) in [5.41, 5.74) is 0. The van der Waals surface area contributed by atoms with Crippen LogP contribution in [0.3, 0.4) is 0 Å². The van der Waals surface area contributed by atoms with E-state index >= 15 is 0 Å². The Labute approximate surface area is 104 Å². The van der Waals surface area contributed by atoms with Crippen LogP contribution in [-0.2, 0) is 9.59 Å². The Balaban J connectivity index is 3.73. The van der Waals surface area contributed by atoms with E-state index in [1.807, 2.05) is 0 Å². The van der Waals surface area contributed by atoms with Gasteiger partial charge in [-0.25, -0.2) is 0 Å². The van der Waals surface area contributed by atoms with Gasteiger partial charge in [0.1, 0.15) is 0 Å². The van der Waals surface area contributed by atoms with Gasteiger partial charge in [0, 0.05) is 0 Å². The van der Waals surface area contributed by atoms with Crippen molar-refractivity contribution >= 4 is 51.2 Å². The number of aliphatic carboxylic acids is 1. The zero-order valence-corrected chi connectivity index (χ0v) is 12.4. The predicted molar refractivity (Wildman–Crippen MR) is 56.8 cm³/mol. The Morgan fingerprint density at radius 3 is 2.50 bits per heavy atom. The Morgan fingerprint density at radius 2 is 2.17 bits per heavy atom. The average molecular weight is 510 g/mol. The molecule has 0 aromatic carbocycles. The van der Waals surface area contributed by atoms with Gasteiger partial charge in [0.05, 0.1) is 0 Å². The van der Waals surface area contributed by atoms with Crippen molar-refractivity contribution in [3.8, 4) is 0 Å². The summed E-state index contributed by atoms with van der Waals surface area (Å²) in [4.78, 5) is 21.3. The van der Waals surface area contributed by atoms with E-state index in [1.54, 1.807) is 22.9 Å². The number of carboxylic acids is 1. The molecular formula is C5H7I3NO3-. The van der Waals surface area contributed by atoms with Gasteiger partial charge in [-0.05, 0) is 0 Å². The summed E-state index contributed by atoms with van der Waals surface area (Å²) in [6.45, 7) is 0. The van der Waals surface area contributed by atoms with Gasteiger partial charge in [0.15, 0.2) is 0 Å². The third-order valence-electron chi connectivity index (χ3n) is 1.14. The zero-order valence-electron chi connectivity index (χ0n) is 5.89. The second-order valence-corrected chi connectivity index (χ2v) is 6.93. The number of halogens is 3. The van der Waals surface area contributed by atoms with E-state index in [2.05, 4.69) is 22.1 Å². The molecule has 0 aliphatic rings. The van der Waals surface area contributed by atoms with Crippen molar-refractivity contribution in [1.29, 1.82) is 0 Å². The molecule has 0 bridgehead atoms. The van der Waals surface area contributed by atoms with Crippen LogP contribution in [0.2, 0.25) is 0 Å². The monoisotopic (exact) mass is 510 g/mol. The van der Waals surface area contributed by atoms with Crippen LogP contribution in [0.25, 0.3) is 0 Å². The first-order chi connectivity index (χ1) is 5.61. The van der Waals surface area contributed by atoms with Crippen molar-refractivity contribution in [3.63, 3.8) is 0 Å². The molecule has 0 heterocycles. The molecule has 0 spiro atoms. The van der Waals surface area contributed by atoms with E-state index in [0.29, 0.717) is 12.8 Å². The van der Waals surface area contributed by atoms with Crippen LogP contribution in [0, 0.1) is 0 Å². The van der Waals surface area contributed by atoms with Crippen molar-refractivity contribution in [1.82, 2.24) is 3.53 Å². The number of hydrogen-bond acceptors (Lipinski definition) is 3. The van der Waals surface area contributed by atoms with E-state index in [0.717, 1.165) is 0 Å². The van der Waals surface area contributed by atoms with E-state index in [-0.39, 0.29) is 3.79 Å². The Bertz CT molecular complexity index is 175. The molecule has 0 aliphatic heterocycles. The van der Waals surface area contributed by atoms with E-state index < -0.39 is 29.2 Å². The minimum atomic E-state index is -0.899. The van der Waals surface area contributed by atoms with Gasteiger partial charge in [-0.3, -0.25) is 0 Å². The SMILES string of the molecule is O=C(CC[C@@H](NI)C(=O)O)[I-]I. The van der Waals surface area contributed by atoms with E-state index in [1.165, 1.54) is 0 Å². The van der Waals surface area contributed by atoms with Crippen molar-refractivity contribution in [3.05, 3.63) is 0 Å². The van der Waals surface area contributed by atoms with Gasteiger partial charge < -0.3 is 0 Å². The zero-order chi connectivity index (χ0) is 9.56. The van der Waals surface area contributed by atoms with Crippen molar-refractivity contribution in [2.24, 2.45) is 0 Å². The Kier molecular flexibility index (Phi) is 8.50. The standard InChI is InChI=1S/C5H7I3NO3/c6-8-4(10)2-1-3(9-7)5(11)12/h3,9H,1-2H2,(H,11,12)/q-1/t3-/m1/s1. The molecule has 0 aromatic heterocycles. The Hall–Kier alpha value is 1.29. The molecule has 0 aliphatic carbocycles. The number of nitrogens with one attached hydrogen (secondary N) is 1. The van der Waals surface area contributed by atoms with Crippen molar-refractivity contribution in [2.75, 3.05) is 0 Å². The fourth-order valence-electron chi connectivity index (χ4n) is 0.518.